The van der Waals surface area contributed by atoms with Gasteiger partial charge in [-0.3, -0.25) is 4.79 Å². The van der Waals surface area contributed by atoms with Gasteiger partial charge in [-0.25, -0.2) is 8.42 Å². The molecule has 0 N–H and O–H groups in total. The molecule has 0 aromatic heterocycles. The molecule has 1 atom stereocenters. The Bertz CT molecular complexity index is 812. The molecular formula is C21H26N2O3S. The molecule has 1 saturated heterocycles. The van der Waals surface area contributed by atoms with Crippen molar-refractivity contribution in [3.8, 4) is 0 Å². The lowest BCUT2D eigenvalue weighted by Gasteiger charge is -2.36. The van der Waals surface area contributed by atoms with Gasteiger partial charge in [-0.05, 0) is 24.0 Å². The van der Waals surface area contributed by atoms with Crippen LogP contribution in [0.15, 0.2) is 60.7 Å². The van der Waals surface area contributed by atoms with E-state index in [1.807, 2.05) is 60.7 Å². The second-order valence-corrected chi connectivity index (χ2v) is 8.99. The van der Waals surface area contributed by atoms with Gasteiger partial charge in [-0.1, -0.05) is 67.1 Å². The number of carbonyl (C=O) groups is 1. The number of hydrogen-bond acceptors (Lipinski definition) is 3. The number of benzene rings is 2. The number of hydrogen-bond donors (Lipinski definition) is 0. The van der Waals surface area contributed by atoms with E-state index in [1.165, 1.54) is 10.6 Å². The van der Waals surface area contributed by atoms with Crippen molar-refractivity contribution in [3.63, 3.8) is 0 Å². The molecule has 1 amide bonds. The first kappa shape index (κ1) is 19.6. The zero-order chi connectivity index (χ0) is 19.3. The van der Waals surface area contributed by atoms with Crippen LogP contribution in [0.25, 0.3) is 0 Å². The lowest BCUT2D eigenvalue weighted by atomic mass is 10.0. The van der Waals surface area contributed by atoms with Crippen molar-refractivity contribution in [1.29, 1.82) is 0 Å². The first-order valence-corrected chi connectivity index (χ1v) is 11.1. The maximum Gasteiger partial charge on any atom is 0.241 e. The van der Waals surface area contributed by atoms with Crippen LogP contribution in [-0.2, 0) is 27.9 Å². The van der Waals surface area contributed by atoms with Gasteiger partial charge in [0.2, 0.25) is 15.9 Å². The van der Waals surface area contributed by atoms with Crippen LogP contribution >= 0.6 is 0 Å². The van der Waals surface area contributed by atoms with Gasteiger partial charge in [-0.15, -0.1) is 0 Å². The molecule has 1 aliphatic rings. The predicted molar refractivity (Wildman–Crippen MR) is 106 cm³/mol. The highest BCUT2D eigenvalue weighted by Gasteiger charge is 2.36. The molecule has 0 radical (unpaired) electrons. The zero-order valence-corrected chi connectivity index (χ0v) is 16.4. The average Bonchev–Trinajstić information content (AvgIpc) is 2.68. The van der Waals surface area contributed by atoms with E-state index in [9.17, 15) is 13.2 Å². The molecule has 5 nitrogen and oxygen atoms in total. The number of sulfonamides is 1. The minimum Gasteiger partial charge on any atom is -0.333 e. The van der Waals surface area contributed by atoms with Crippen molar-refractivity contribution < 1.29 is 13.2 Å². The number of rotatable bonds is 6. The average molecular weight is 387 g/mol. The lowest BCUT2D eigenvalue weighted by Crippen LogP contribution is -2.52. The third-order valence-corrected chi connectivity index (χ3v) is 6.20. The highest BCUT2D eigenvalue weighted by Crippen LogP contribution is 2.23. The number of piperidine rings is 1. The van der Waals surface area contributed by atoms with Gasteiger partial charge in [0.15, 0.2) is 0 Å². The SMILES string of the molecule is CS(=O)(=O)N1CCCC[C@H]1C(=O)N(Cc1ccccc1)Cc1ccccc1. The third kappa shape index (κ3) is 5.17. The van der Waals surface area contributed by atoms with Gasteiger partial charge in [0, 0.05) is 19.6 Å². The van der Waals surface area contributed by atoms with Gasteiger partial charge in [0.1, 0.15) is 6.04 Å². The molecule has 3 rings (SSSR count). The number of carbonyl (C=O) groups excluding carboxylic acids is 1. The molecule has 2 aromatic carbocycles. The summed E-state index contributed by atoms with van der Waals surface area (Å²) >= 11 is 0. The fourth-order valence-corrected chi connectivity index (χ4v) is 4.70. The van der Waals surface area contributed by atoms with Crippen molar-refractivity contribution in [2.24, 2.45) is 0 Å². The Kier molecular flexibility index (Phi) is 6.29. The van der Waals surface area contributed by atoms with Crippen molar-refractivity contribution in [3.05, 3.63) is 71.8 Å². The zero-order valence-electron chi connectivity index (χ0n) is 15.6. The summed E-state index contributed by atoms with van der Waals surface area (Å²) in [6.07, 6.45) is 3.43. The smallest absolute Gasteiger partial charge is 0.241 e. The number of amides is 1. The highest BCUT2D eigenvalue weighted by molar-refractivity contribution is 7.88. The summed E-state index contributed by atoms with van der Waals surface area (Å²) in [7, 11) is -3.41. The van der Waals surface area contributed by atoms with Crippen LogP contribution in [0.5, 0.6) is 0 Å². The highest BCUT2D eigenvalue weighted by atomic mass is 32.2. The van der Waals surface area contributed by atoms with Crippen LogP contribution in [-0.4, -0.2) is 42.4 Å². The molecule has 1 aliphatic heterocycles. The fourth-order valence-electron chi connectivity index (χ4n) is 3.58. The van der Waals surface area contributed by atoms with Crippen molar-refractivity contribution >= 4 is 15.9 Å². The van der Waals surface area contributed by atoms with Crippen molar-refractivity contribution in [1.82, 2.24) is 9.21 Å². The van der Waals surface area contributed by atoms with Gasteiger partial charge in [0.25, 0.3) is 0 Å². The molecule has 27 heavy (non-hydrogen) atoms. The van der Waals surface area contributed by atoms with Gasteiger partial charge in [-0.2, -0.15) is 4.31 Å². The molecule has 1 fully saturated rings. The first-order chi connectivity index (χ1) is 12.9. The molecule has 0 aliphatic carbocycles. The molecule has 6 heteroatoms. The summed E-state index contributed by atoms with van der Waals surface area (Å²) in [5.74, 6) is -0.118. The Morgan fingerprint density at radius 3 is 1.96 bits per heavy atom. The molecule has 2 aromatic rings. The maximum absolute atomic E-state index is 13.4. The number of nitrogens with zero attached hydrogens (tertiary/aromatic N) is 2. The molecular weight excluding hydrogens is 360 g/mol. The van der Waals surface area contributed by atoms with E-state index in [0.29, 0.717) is 26.1 Å². The Morgan fingerprint density at radius 1 is 0.963 bits per heavy atom. The summed E-state index contributed by atoms with van der Waals surface area (Å²) in [6.45, 7) is 1.34. The first-order valence-electron chi connectivity index (χ1n) is 9.28. The predicted octanol–water partition coefficient (Wildman–Crippen LogP) is 3.03. The van der Waals surface area contributed by atoms with Crippen LogP contribution in [0.3, 0.4) is 0 Å². The second kappa shape index (κ2) is 8.67. The molecule has 0 saturated carbocycles. The quantitative estimate of drug-likeness (QED) is 0.767. The van der Waals surface area contributed by atoms with Crippen molar-refractivity contribution in [2.75, 3.05) is 12.8 Å². The fraction of sp³-hybridized carbons (Fsp3) is 0.381. The third-order valence-electron chi connectivity index (χ3n) is 4.91. The van der Waals surface area contributed by atoms with E-state index in [-0.39, 0.29) is 5.91 Å². The summed E-state index contributed by atoms with van der Waals surface area (Å²) in [4.78, 5) is 15.2. The monoisotopic (exact) mass is 386 g/mol. The standard InChI is InChI=1S/C21H26N2O3S/c1-27(25,26)23-15-9-8-14-20(23)21(24)22(16-18-10-4-2-5-11-18)17-19-12-6-3-7-13-19/h2-7,10-13,20H,8-9,14-17H2,1H3/t20-/m0/s1. The minimum absolute atomic E-state index is 0.118. The van der Waals surface area contributed by atoms with Crippen LogP contribution in [0.1, 0.15) is 30.4 Å². The normalized spacial score (nSPS) is 18.2. The summed E-state index contributed by atoms with van der Waals surface area (Å²) in [5, 5.41) is 0. The van der Waals surface area contributed by atoms with Crippen molar-refractivity contribution in [2.45, 2.75) is 38.4 Å². The van der Waals surface area contributed by atoms with E-state index < -0.39 is 16.1 Å². The Balaban J connectivity index is 1.87. The Labute approximate surface area is 161 Å². The Hall–Kier alpha value is -2.18. The molecule has 0 spiro atoms. The van der Waals surface area contributed by atoms with E-state index in [0.717, 1.165) is 24.0 Å². The van der Waals surface area contributed by atoms with Gasteiger partial charge >= 0.3 is 0 Å². The van der Waals surface area contributed by atoms with E-state index in [1.54, 1.807) is 4.90 Å². The van der Waals surface area contributed by atoms with Crippen LogP contribution in [0.4, 0.5) is 0 Å². The molecule has 0 bridgehead atoms. The summed E-state index contributed by atoms with van der Waals surface area (Å²) < 4.78 is 25.8. The maximum atomic E-state index is 13.4. The molecule has 1 heterocycles. The topological polar surface area (TPSA) is 57.7 Å². The van der Waals surface area contributed by atoms with Gasteiger partial charge in [0.05, 0.1) is 6.26 Å². The summed E-state index contributed by atoms with van der Waals surface area (Å²) in [5.41, 5.74) is 2.06. The van der Waals surface area contributed by atoms with Gasteiger partial charge < -0.3 is 4.90 Å². The minimum atomic E-state index is -3.41. The van der Waals surface area contributed by atoms with E-state index in [4.69, 9.17) is 0 Å². The van der Waals surface area contributed by atoms with E-state index in [2.05, 4.69) is 0 Å². The largest absolute Gasteiger partial charge is 0.333 e. The summed E-state index contributed by atoms with van der Waals surface area (Å²) in [6, 6.07) is 19.0. The molecule has 0 unspecified atom stereocenters. The van der Waals surface area contributed by atoms with Crippen LogP contribution in [0, 0.1) is 0 Å². The van der Waals surface area contributed by atoms with Crippen LogP contribution in [0.2, 0.25) is 0 Å². The van der Waals surface area contributed by atoms with Crippen LogP contribution < -0.4 is 0 Å². The molecule has 144 valence electrons. The van der Waals surface area contributed by atoms with E-state index >= 15 is 0 Å². The lowest BCUT2D eigenvalue weighted by molar-refractivity contribution is -0.137. The second-order valence-electron chi connectivity index (χ2n) is 7.05. The Morgan fingerprint density at radius 2 is 1.48 bits per heavy atom.